The fourth-order valence-corrected chi connectivity index (χ4v) is 6.32. The van der Waals surface area contributed by atoms with Crippen molar-refractivity contribution < 1.29 is 19.1 Å². The average Bonchev–Trinajstić information content (AvgIpc) is 2.59. The zero-order valence-corrected chi connectivity index (χ0v) is 18.1. The minimum atomic E-state index is 0.0549. The van der Waals surface area contributed by atoms with Crippen molar-refractivity contribution in [2.75, 3.05) is 13.2 Å². The van der Waals surface area contributed by atoms with Crippen LogP contribution in [0, 0.1) is 11.8 Å². The van der Waals surface area contributed by atoms with Gasteiger partial charge in [-0.3, -0.25) is 0 Å². The number of Topliss-reactive ketones (excluding diaryl/α,β-unsaturated/α-hetero) is 2. The number of ether oxygens (including phenoxy) is 2. The number of hydrogen-bond donors (Lipinski definition) is 0. The van der Waals surface area contributed by atoms with Gasteiger partial charge in [0.25, 0.3) is 0 Å². The molecule has 4 aliphatic carbocycles. The van der Waals surface area contributed by atoms with Crippen LogP contribution in [0.2, 0.25) is 0 Å². The maximum Gasteiger partial charge on any atom is 0.129 e. The summed E-state index contributed by atoms with van der Waals surface area (Å²) in [6.45, 7) is 5.01. The van der Waals surface area contributed by atoms with Crippen LogP contribution < -0.4 is 0 Å². The molecule has 0 heterocycles. The summed E-state index contributed by atoms with van der Waals surface area (Å²) in [6, 6.07) is 0. The Morgan fingerprint density at radius 1 is 0.714 bits per heavy atom. The first-order valence-electron chi connectivity index (χ1n) is 11.7. The quantitative estimate of drug-likeness (QED) is 0.371. The van der Waals surface area contributed by atoms with E-state index in [-0.39, 0.29) is 11.2 Å². The molecule has 0 spiro atoms. The van der Waals surface area contributed by atoms with Crippen molar-refractivity contribution in [1.29, 1.82) is 0 Å². The molecule has 0 N–H and O–H groups in total. The third-order valence-corrected chi connectivity index (χ3v) is 7.12. The van der Waals surface area contributed by atoms with Gasteiger partial charge in [-0.05, 0) is 83.5 Å². The highest BCUT2D eigenvalue weighted by molar-refractivity contribution is 5.75. The van der Waals surface area contributed by atoms with Crippen molar-refractivity contribution in [2.24, 2.45) is 11.8 Å². The fraction of sp³-hybridized carbons (Fsp3) is 0.917. The highest BCUT2D eigenvalue weighted by atomic mass is 16.5. The Balaban J connectivity index is 1.42. The molecular formula is C24H40O4. The van der Waals surface area contributed by atoms with Crippen LogP contribution in [-0.2, 0) is 19.1 Å². The molecule has 28 heavy (non-hydrogen) atoms. The fourth-order valence-electron chi connectivity index (χ4n) is 6.32. The summed E-state index contributed by atoms with van der Waals surface area (Å²) in [5.41, 5.74) is 0.110. The van der Waals surface area contributed by atoms with Crippen LogP contribution in [0.3, 0.4) is 0 Å². The highest BCUT2D eigenvalue weighted by Crippen LogP contribution is 2.60. The summed E-state index contributed by atoms with van der Waals surface area (Å²) >= 11 is 0. The van der Waals surface area contributed by atoms with Crippen LogP contribution in [0.25, 0.3) is 0 Å². The molecule has 0 unspecified atom stereocenters. The first-order valence-corrected chi connectivity index (χ1v) is 11.7. The third kappa shape index (κ3) is 6.13. The van der Waals surface area contributed by atoms with E-state index in [2.05, 4.69) is 0 Å². The van der Waals surface area contributed by atoms with Crippen molar-refractivity contribution in [3.8, 4) is 0 Å². The normalized spacial score (nSPS) is 33.4. The Labute approximate surface area is 171 Å². The van der Waals surface area contributed by atoms with Gasteiger partial charge in [-0.15, -0.1) is 0 Å². The lowest BCUT2D eigenvalue weighted by atomic mass is 9.52. The minimum absolute atomic E-state index is 0.0549. The van der Waals surface area contributed by atoms with Crippen LogP contribution in [0.15, 0.2) is 0 Å². The van der Waals surface area contributed by atoms with Gasteiger partial charge in [0.1, 0.15) is 11.6 Å². The zero-order chi connectivity index (χ0) is 20.0. The van der Waals surface area contributed by atoms with Crippen molar-refractivity contribution >= 4 is 11.6 Å². The van der Waals surface area contributed by atoms with E-state index < -0.39 is 0 Å². The van der Waals surface area contributed by atoms with Gasteiger partial charge >= 0.3 is 0 Å². The van der Waals surface area contributed by atoms with E-state index in [1.165, 1.54) is 32.1 Å². The summed E-state index contributed by atoms with van der Waals surface area (Å²) in [5, 5.41) is 0. The molecular weight excluding hydrogens is 352 g/mol. The van der Waals surface area contributed by atoms with Crippen LogP contribution in [0.4, 0.5) is 0 Å². The Bertz CT molecular complexity index is 483. The molecule has 4 bridgehead atoms. The first-order chi connectivity index (χ1) is 13.4. The standard InChI is InChI=1S/C24H40O4/c1-19(25)9-5-3-7-11-27-23-14-21-13-22(15-23)17-24(16-21,18-23)28-12-8-4-6-10-20(2)26/h21-22H,3-18H2,1-2H3. The summed E-state index contributed by atoms with van der Waals surface area (Å²) < 4.78 is 13.1. The molecule has 0 aliphatic heterocycles. The summed E-state index contributed by atoms with van der Waals surface area (Å²) in [4.78, 5) is 22.1. The molecule has 0 saturated heterocycles. The summed E-state index contributed by atoms with van der Waals surface area (Å²) in [5.74, 6) is 2.14. The van der Waals surface area contributed by atoms with Gasteiger partial charge in [0.2, 0.25) is 0 Å². The zero-order valence-electron chi connectivity index (χ0n) is 18.1. The molecule has 4 aliphatic rings. The van der Waals surface area contributed by atoms with E-state index in [1.807, 2.05) is 0 Å². The van der Waals surface area contributed by atoms with E-state index in [1.54, 1.807) is 13.8 Å². The average molecular weight is 393 g/mol. The molecule has 4 heteroatoms. The molecule has 160 valence electrons. The van der Waals surface area contributed by atoms with E-state index in [4.69, 9.17) is 9.47 Å². The lowest BCUT2D eigenvalue weighted by Gasteiger charge is -2.61. The minimum Gasteiger partial charge on any atom is -0.375 e. The molecule has 0 aromatic carbocycles. The van der Waals surface area contributed by atoms with Crippen molar-refractivity contribution in [3.63, 3.8) is 0 Å². The van der Waals surface area contributed by atoms with Gasteiger partial charge in [-0.1, -0.05) is 12.8 Å². The van der Waals surface area contributed by atoms with E-state index in [0.29, 0.717) is 24.4 Å². The highest BCUT2D eigenvalue weighted by Gasteiger charge is 2.59. The molecule has 0 radical (unpaired) electrons. The Kier molecular flexibility index (Phi) is 7.72. The number of unbranched alkanes of at least 4 members (excludes halogenated alkanes) is 4. The predicted octanol–water partition coefficient (Wildman–Crippen LogP) is 5.41. The largest absolute Gasteiger partial charge is 0.375 e. The van der Waals surface area contributed by atoms with Gasteiger partial charge in [0.05, 0.1) is 11.2 Å². The van der Waals surface area contributed by atoms with Crippen LogP contribution in [-0.4, -0.2) is 36.0 Å². The topological polar surface area (TPSA) is 52.6 Å². The Morgan fingerprint density at radius 3 is 1.54 bits per heavy atom. The van der Waals surface area contributed by atoms with Gasteiger partial charge < -0.3 is 19.1 Å². The molecule has 0 aromatic heterocycles. The molecule has 4 fully saturated rings. The molecule has 0 aromatic rings. The summed E-state index contributed by atoms with van der Waals surface area (Å²) in [7, 11) is 0. The van der Waals surface area contributed by atoms with Crippen LogP contribution in [0.1, 0.15) is 104 Å². The second kappa shape index (κ2) is 9.84. The number of ketones is 2. The lowest BCUT2D eigenvalue weighted by molar-refractivity contribution is -0.237. The monoisotopic (exact) mass is 392 g/mol. The SMILES string of the molecule is CC(=O)CCCCCOC12CC3CC(C1)CC(OCCCCCC(C)=O)(C3)C2. The van der Waals surface area contributed by atoms with Crippen molar-refractivity contribution in [1.82, 2.24) is 0 Å². The van der Waals surface area contributed by atoms with Crippen LogP contribution in [0.5, 0.6) is 0 Å². The first kappa shape index (κ1) is 22.0. The Hall–Kier alpha value is -0.740. The molecule has 0 amide bonds. The van der Waals surface area contributed by atoms with Crippen molar-refractivity contribution in [2.45, 2.75) is 115 Å². The van der Waals surface area contributed by atoms with E-state index >= 15 is 0 Å². The lowest BCUT2D eigenvalue weighted by Crippen LogP contribution is -2.61. The van der Waals surface area contributed by atoms with Gasteiger partial charge in [0, 0.05) is 32.5 Å². The molecule has 4 saturated carbocycles. The maximum absolute atomic E-state index is 11.1. The molecule has 0 atom stereocenters. The third-order valence-electron chi connectivity index (χ3n) is 7.12. The van der Waals surface area contributed by atoms with Gasteiger partial charge in [0.15, 0.2) is 0 Å². The summed E-state index contributed by atoms with van der Waals surface area (Å²) in [6.07, 6.45) is 15.0. The van der Waals surface area contributed by atoms with E-state index in [9.17, 15) is 9.59 Å². The van der Waals surface area contributed by atoms with E-state index in [0.717, 1.165) is 70.0 Å². The van der Waals surface area contributed by atoms with Gasteiger partial charge in [-0.2, -0.15) is 0 Å². The number of rotatable bonds is 14. The molecule has 4 rings (SSSR count). The number of hydrogen-bond acceptors (Lipinski definition) is 4. The smallest absolute Gasteiger partial charge is 0.129 e. The number of carbonyl (C=O) groups is 2. The predicted molar refractivity (Wildman–Crippen MR) is 110 cm³/mol. The maximum atomic E-state index is 11.1. The second-order valence-electron chi connectivity index (χ2n) is 10.0. The second-order valence-corrected chi connectivity index (χ2v) is 10.0. The molecule has 4 nitrogen and oxygen atoms in total. The number of carbonyl (C=O) groups excluding carboxylic acids is 2. The van der Waals surface area contributed by atoms with Crippen LogP contribution >= 0.6 is 0 Å². The van der Waals surface area contributed by atoms with Gasteiger partial charge in [-0.25, -0.2) is 0 Å². The Morgan fingerprint density at radius 2 is 1.14 bits per heavy atom. The van der Waals surface area contributed by atoms with Crippen molar-refractivity contribution in [3.05, 3.63) is 0 Å².